The first-order valence-electron chi connectivity index (χ1n) is 6.54. The Morgan fingerprint density at radius 2 is 1.94 bits per heavy atom. The number of rotatable bonds is 4. The van der Waals surface area contributed by atoms with Gasteiger partial charge in [0.1, 0.15) is 5.82 Å². The third-order valence-corrected chi connectivity index (χ3v) is 3.28. The predicted molar refractivity (Wildman–Crippen MR) is 69.8 cm³/mol. The predicted octanol–water partition coefficient (Wildman–Crippen LogP) is 1.08. The fourth-order valence-corrected chi connectivity index (χ4v) is 2.15. The lowest BCUT2D eigenvalue weighted by molar-refractivity contribution is 0.125. The highest BCUT2D eigenvalue weighted by molar-refractivity contribution is 5.43. The van der Waals surface area contributed by atoms with Gasteiger partial charge < -0.3 is 15.2 Å². The summed E-state index contributed by atoms with van der Waals surface area (Å²) in [5, 5.41) is 13.0. The third-order valence-electron chi connectivity index (χ3n) is 3.28. The van der Waals surface area contributed by atoms with Crippen LogP contribution in [-0.2, 0) is 17.6 Å². The van der Waals surface area contributed by atoms with Crippen molar-refractivity contribution in [1.29, 1.82) is 0 Å². The average Bonchev–Trinajstić information content (AvgIpc) is 2.76. The molecule has 18 heavy (non-hydrogen) atoms. The Kier molecular flexibility index (Phi) is 4.14. The van der Waals surface area contributed by atoms with Crippen LogP contribution in [0.25, 0.3) is 0 Å². The summed E-state index contributed by atoms with van der Waals surface area (Å²) in [6.45, 7) is 7.02. The summed E-state index contributed by atoms with van der Waals surface area (Å²) in [7, 11) is 0. The Balaban J connectivity index is 2.24. The second-order valence-electron chi connectivity index (χ2n) is 4.61. The number of aliphatic hydroxyl groups is 1. The van der Waals surface area contributed by atoms with Crippen molar-refractivity contribution in [2.45, 2.75) is 45.8 Å². The van der Waals surface area contributed by atoms with Crippen LogP contribution in [0.5, 0.6) is 0 Å². The minimum atomic E-state index is -0.470. The molecule has 2 N–H and O–H groups in total. The highest BCUT2D eigenvalue weighted by Crippen LogP contribution is 2.18. The zero-order chi connectivity index (χ0) is 13.1. The van der Waals surface area contributed by atoms with Crippen LogP contribution in [0.3, 0.4) is 0 Å². The van der Waals surface area contributed by atoms with Crippen molar-refractivity contribution in [2.24, 2.45) is 0 Å². The molecule has 2 heterocycles. The Morgan fingerprint density at radius 3 is 2.50 bits per heavy atom. The largest absolute Gasteiger partial charge is 0.388 e. The number of aryl methyl sites for hydroxylation is 3. The maximum absolute atomic E-state index is 9.76. The van der Waals surface area contributed by atoms with Gasteiger partial charge in [0.15, 0.2) is 0 Å². The first kappa shape index (κ1) is 13.2. The molecule has 100 valence electrons. The van der Waals surface area contributed by atoms with Gasteiger partial charge in [0.25, 0.3) is 0 Å². The SMILES string of the molecule is CCc1nc(NC2COC[C@@H]2O)c(CC)nc1C. The van der Waals surface area contributed by atoms with Gasteiger partial charge in [-0.05, 0) is 19.8 Å². The molecule has 1 saturated heterocycles. The molecule has 1 aliphatic heterocycles. The van der Waals surface area contributed by atoms with E-state index in [0.717, 1.165) is 35.7 Å². The Bertz CT molecular complexity index is 423. The van der Waals surface area contributed by atoms with Crippen LogP contribution in [0, 0.1) is 6.92 Å². The molecule has 2 rings (SSSR count). The van der Waals surface area contributed by atoms with Gasteiger partial charge in [0, 0.05) is 0 Å². The molecule has 1 aromatic rings. The van der Waals surface area contributed by atoms with Gasteiger partial charge in [-0.1, -0.05) is 13.8 Å². The number of ether oxygens (including phenoxy) is 1. The van der Waals surface area contributed by atoms with E-state index in [1.807, 2.05) is 6.92 Å². The number of nitrogens with one attached hydrogen (secondary N) is 1. The van der Waals surface area contributed by atoms with Crippen molar-refractivity contribution in [3.05, 3.63) is 17.1 Å². The molecule has 0 radical (unpaired) electrons. The zero-order valence-corrected chi connectivity index (χ0v) is 11.2. The fraction of sp³-hybridized carbons (Fsp3) is 0.692. The molecule has 0 bridgehead atoms. The van der Waals surface area contributed by atoms with Gasteiger partial charge in [-0.3, -0.25) is 4.98 Å². The van der Waals surface area contributed by atoms with Crippen molar-refractivity contribution in [3.63, 3.8) is 0 Å². The molecular formula is C13H21N3O2. The number of aromatic nitrogens is 2. The molecule has 0 spiro atoms. The standard InChI is InChI=1S/C13H21N3O2/c1-4-9-8(3)14-10(5-2)13(15-9)16-11-6-18-7-12(11)17/h11-12,17H,4-7H2,1-3H3,(H,15,16)/t11?,12-/m0/s1. The lowest BCUT2D eigenvalue weighted by Crippen LogP contribution is -2.33. The smallest absolute Gasteiger partial charge is 0.148 e. The second-order valence-corrected chi connectivity index (χ2v) is 4.61. The molecule has 1 unspecified atom stereocenters. The summed E-state index contributed by atoms with van der Waals surface area (Å²) >= 11 is 0. The van der Waals surface area contributed by atoms with Crippen LogP contribution < -0.4 is 5.32 Å². The van der Waals surface area contributed by atoms with Gasteiger partial charge in [0.05, 0.1) is 42.4 Å². The van der Waals surface area contributed by atoms with Crippen LogP contribution in [0.2, 0.25) is 0 Å². The summed E-state index contributed by atoms with van der Waals surface area (Å²) in [6, 6.07) is -0.0861. The molecule has 0 saturated carbocycles. The van der Waals surface area contributed by atoms with E-state index < -0.39 is 6.10 Å². The van der Waals surface area contributed by atoms with Gasteiger partial charge in [-0.15, -0.1) is 0 Å². The number of nitrogens with zero attached hydrogens (tertiary/aromatic N) is 2. The Hall–Kier alpha value is -1.20. The normalized spacial score (nSPS) is 23.3. The number of anilines is 1. The van der Waals surface area contributed by atoms with E-state index >= 15 is 0 Å². The first-order chi connectivity index (χ1) is 8.65. The lowest BCUT2D eigenvalue weighted by Gasteiger charge is -2.18. The summed E-state index contributed by atoms with van der Waals surface area (Å²) in [6.07, 6.45) is 1.22. The van der Waals surface area contributed by atoms with Gasteiger partial charge >= 0.3 is 0 Å². The van der Waals surface area contributed by atoms with E-state index in [4.69, 9.17) is 4.74 Å². The van der Waals surface area contributed by atoms with Crippen LogP contribution in [-0.4, -0.2) is 40.4 Å². The van der Waals surface area contributed by atoms with E-state index in [9.17, 15) is 5.11 Å². The summed E-state index contributed by atoms with van der Waals surface area (Å²) in [4.78, 5) is 9.20. The quantitative estimate of drug-likeness (QED) is 0.838. The van der Waals surface area contributed by atoms with Gasteiger partial charge in [-0.25, -0.2) is 4.98 Å². The minimum absolute atomic E-state index is 0.0861. The van der Waals surface area contributed by atoms with E-state index in [-0.39, 0.29) is 6.04 Å². The lowest BCUT2D eigenvalue weighted by atomic mass is 10.2. The van der Waals surface area contributed by atoms with E-state index in [1.54, 1.807) is 0 Å². The molecule has 5 heteroatoms. The molecule has 0 aromatic carbocycles. The summed E-state index contributed by atoms with van der Waals surface area (Å²) < 4.78 is 5.23. The van der Waals surface area contributed by atoms with E-state index in [2.05, 4.69) is 29.1 Å². The van der Waals surface area contributed by atoms with Crippen LogP contribution in [0.15, 0.2) is 0 Å². The third kappa shape index (κ3) is 2.62. The van der Waals surface area contributed by atoms with Crippen LogP contribution in [0.4, 0.5) is 5.82 Å². The Labute approximate surface area is 108 Å². The van der Waals surface area contributed by atoms with Crippen LogP contribution >= 0.6 is 0 Å². The minimum Gasteiger partial charge on any atom is -0.388 e. The maximum atomic E-state index is 9.76. The van der Waals surface area contributed by atoms with Crippen molar-refractivity contribution in [2.75, 3.05) is 18.5 Å². The van der Waals surface area contributed by atoms with Crippen molar-refractivity contribution in [3.8, 4) is 0 Å². The average molecular weight is 251 g/mol. The molecule has 2 atom stereocenters. The molecule has 0 amide bonds. The van der Waals surface area contributed by atoms with Crippen molar-refractivity contribution < 1.29 is 9.84 Å². The topological polar surface area (TPSA) is 67.3 Å². The molecule has 0 aliphatic carbocycles. The number of hydrogen-bond acceptors (Lipinski definition) is 5. The van der Waals surface area contributed by atoms with Crippen LogP contribution in [0.1, 0.15) is 30.9 Å². The molecule has 1 aromatic heterocycles. The summed E-state index contributed by atoms with van der Waals surface area (Å²) in [5.41, 5.74) is 2.94. The highest BCUT2D eigenvalue weighted by Gasteiger charge is 2.27. The monoisotopic (exact) mass is 251 g/mol. The zero-order valence-electron chi connectivity index (χ0n) is 11.2. The maximum Gasteiger partial charge on any atom is 0.148 e. The van der Waals surface area contributed by atoms with E-state index in [0.29, 0.717) is 13.2 Å². The van der Waals surface area contributed by atoms with Crippen molar-refractivity contribution >= 4 is 5.82 Å². The molecule has 5 nitrogen and oxygen atoms in total. The molecular weight excluding hydrogens is 230 g/mol. The number of aliphatic hydroxyl groups excluding tert-OH is 1. The Morgan fingerprint density at radius 1 is 1.22 bits per heavy atom. The summed E-state index contributed by atoms with van der Waals surface area (Å²) in [5.74, 6) is 0.787. The van der Waals surface area contributed by atoms with Gasteiger partial charge in [-0.2, -0.15) is 0 Å². The fourth-order valence-electron chi connectivity index (χ4n) is 2.15. The van der Waals surface area contributed by atoms with E-state index in [1.165, 1.54) is 0 Å². The number of hydrogen-bond donors (Lipinski definition) is 2. The highest BCUT2D eigenvalue weighted by atomic mass is 16.5. The molecule has 1 fully saturated rings. The van der Waals surface area contributed by atoms with Crippen molar-refractivity contribution in [1.82, 2.24) is 9.97 Å². The first-order valence-corrected chi connectivity index (χ1v) is 6.54. The second kappa shape index (κ2) is 5.63. The van der Waals surface area contributed by atoms with Gasteiger partial charge in [0.2, 0.25) is 0 Å². The molecule has 1 aliphatic rings.